The number of aromatic nitrogens is 2. The number of carboxylic acid groups (broad SMARTS) is 1. The summed E-state index contributed by atoms with van der Waals surface area (Å²) in [5, 5.41) is 22.4. The minimum absolute atomic E-state index is 0.0762. The van der Waals surface area contributed by atoms with Gasteiger partial charge in [-0.05, 0) is 20.5 Å². The number of nitrogens with zero attached hydrogens (tertiary/aromatic N) is 4. The Morgan fingerprint density at radius 1 is 1.52 bits per heavy atom. The lowest BCUT2D eigenvalue weighted by Crippen LogP contribution is -2.33. The molecule has 2 rings (SSSR count). The summed E-state index contributed by atoms with van der Waals surface area (Å²) in [6, 6.07) is 0.643. The van der Waals surface area contributed by atoms with E-state index in [-0.39, 0.29) is 19.1 Å². The SMILES string of the molecule is CN(C)[C@@H]1C[C@@H](CO)N(Cc2cnn(CCC(=O)O)c2)C1. The first-order valence-electron chi connectivity index (χ1n) is 7.24. The average molecular weight is 296 g/mol. The summed E-state index contributed by atoms with van der Waals surface area (Å²) in [5.74, 6) is -0.819. The monoisotopic (exact) mass is 296 g/mol. The highest BCUT2D eigenvalue weighted by Crippen LogP contribution is 2.22. The van der Waals surface area contributed by atoms with Crippen LogP contribution in [0.15, 0.2) is 12.4 Å². The van der Waals surface area contributed by atoms with Gasteiger partial charge in [0, 0.05) is 36.9 Å². The number of aliphatic hydroxyl groups is 1. The van der Waals surface area contributed by atoms with Gasteiger partial charge in [0.1, 0.15) is 0 Å². The normalized spacial score (nSPS) is 23.0. The fraction of sp³-hybridized carbons (Fsp3) is 0.714. The van der Waals surface area contributed by atoms with E-state index in [1.807, 2.05) is 6.20 Å². The Hall–Kier alpha value is -1.44. The molecule has 0 amide bonds. The van der Waals surface area contributed by atoms with Crippen molar-refractivity contribution in [3.8, 4) is 0 Å². The van der Waals surface area contributed by atoms with Crippen molar-refractivity contribution in [1.29, 1.82) is 0 Å². The molecule has 0 unspecified atom stereocenters. The standard InChI is InChI=1S/C14H24N4O3/c1-16(2)12-5-13(10-19)17(9-12)7-11-6-15-18(8-11)4-3-14(20)21/h6,8,12-13,19H,3-5,7,9-10H2,1-2H3,(H,20,21)/t12-,13+/m1/s1. The van der Waals surface area contributed by atoms with Crippen molar-refractivity contribution in [3.63, 3.8) is 0 Å². The largest absolute Gasteiger partial charge is 0.481 e. The third-order valence-corrected chi connectivity index (χ3v) is 4.07. The van der Waals surface area contributed by atoms with Gasteiger partial charge in [-0.1, -0.05) is 0 Å². The second-order valence-corrected chi connectivity index (χ2v) is 5.87. The molecular weight excluding hydrogens is 272 g/mol. The number of carbonyl (C=O) groups is 1. The summed E-state index contributed by atoms with van der Waals surface area (Å²) in [5.41, 5.74) is 1.05. The predicted octanol–water partition coefficient (Wildman–Crippen LogP) is -0.145. The predicted molar refractivity (Wildman–Crippen MR) is 77.9 cm³/mol. The highest BCUT2D eigenvalue weighted by Gasteiger charge is 2.32. The van der Waals surface area contributed by atoms with Crippen molar-refractivity contribution in [3.05, 3.63) is 18.0 Å². The zero-order valence-electron chi connectivity index (χ0n) is 12.6. The lowest BCUT2D eigenvalue weighted by atomic mass is 10.1. The summed E-state index contributed by atoms with van der Waals surface area (Å²) in [6.07, 6.45) is 4.71. The summed E-state index contributed by atoms with van der Waals surface area (Å²) >= 11 is 0. The number of aliphatic carboxylic acids is 1. The van der Waals surface area contributed by atoms with Gasteiger partial charge in [0.25, 0.3) is 0 Å². The Morgan fingerprint density at radius 3 is 2.90 bits per heavy atom. The molecule has 0 aliphatic carbocycles. The van der Waals surface area contributed by atoms with Gasteiger partial charge in [-0.3, -0.25) is 14.4 Å². The molecule has 1 aromatic heterocycles. The Kier molecular flexibility index (Phi) is 5.33. The molecule has 1 fully saturated rings. The third-order valence-electron chi connectivity index (χ3n) is 4.07. The molecule has 0 spiro atoms. The minimum Gasteiger partial charge on any atom is -0.481 e. The molecular formula is C14H24N4O3. The Morgan fingerprint density at radius 2 is 2.29 bits per heavy atom. The first-order valence-corrected chi connectivity index (χ1v) is 7.24. The van der Waals surface area contributed by atoms with Crippen molar-refractivity contribution >= 4 is 5.97 Å². The highest BCUT2D eigenvalue weighted by atomic mass is 16.4. The number of likely N-dealkylation sites (tertiary alicyclic amines) is 1. The molecule has 1 aromatic rings. The fourth-order valence-corrected chi connectivity index (χ4v) is 2.77. The van der Waals surface area contributed by atoms with Crippen molar-refractivity contribution in [2.24, 2.45) is 0 Å². The van der Waals surface area contributed by atoms with Gasteiger partial charge >= 0.3 is 5.97 Å². The van der Waals surface area contributed by atoms with Crippen molar-refractivity contribution in [2.45, 2.75) is 38.0 Å². The van der Waals surface area contributed by atoms with Crippen LogP contribution in [0.3, 0.4) is 0 Å². The van der Waals surface area contributed by atoms with Gasteiger partial charge in [-0.25, -0.2) is 0 Å². The van der Waals surface area contributed by atoms with Crippen LogP contribution in [-0.4, -0.2) is 75.1 Å². The molecule has 0 radical (unpaired) electrons. The second kappa shape index (κ2) is 7.02. The van der Waals surface area contributed by atoms with Gasteiger partial charge in [0.05, 0.1) is 25.8 Å². The van der Waals surface area contributed by atoms with Crippen LogP contribution in [0.5, 0.6) is 0 Å². The molecule has 0 bridgehead atoms. The van der Waals surface area contributed by atoms with Crippen LogP contribution in [0, 0.1) is 0 Å². The van der Waals surface area contributed by atoms with Gasteiger partial charge in [-0.2, -0.15) is 5.10 Å². The molecule has 1 aliphatic heterocycles. The van der Waals surface area contributed by atoms with Gasteiger partial charge in [0.2, 0.25) is 0 Å². The molecule has 0 saturated carbocycles. The van der Waals surface area contributed by atoms with E-state index in [0.29, 0.717) is 12.6 Å². The van der Waals surface area contributed by atoms with Gasteiger partial charge in [-0.15, -0.1) is 0 Å². The summed E-state index contributed by atoms with van der Waals surface area (Å²) < 4.78 is 1.66. The van der Waals surface area contributed by atoms with Gasteiger partial charge in [0.15, 0.2) is 0 Å². The maximum atomic E-state index is 10.6. The Balaban J connectivity index is 1.93. The molecule has 7 nitrogen and oxygen atoms in total. The van der Waals surface area contributed by atoms with Gasteiger partial charge < -0.3 is 15.1 Å². The number of hydrogen-bond donors (Lipinski definition) is 2. The van der Waals surface area contributed by atoms with Crippen LogP contribution < -0.4 is 0 Å². The Labute approximate surface area is 124 Å². The lowest BCUT2D eigenvalue weighted by molar-refractivity contribution is -0.137. The van der Waals surface area contributed by atoms with E-state index in [2.05, 4.69) is 29.0 Å². The second-order valence-electron chi connectivity index (χ2n) is 5.87. The van der Waals surface area contributed by atoms with Crippen molar-refractivity contribution in [1.82, 2.24) is 19.6 Å². The summed E-state index contributed by atoms with van der Waals surface area (Å²) in [7, 11) is 4.12. The van der Waals surface area contributed by atoms with Crippen LogP contribution in [0.2, 0.25) is 0 Å². The number of carboxylic acids is 1. The fourth-order valence-electron chi connectivity index (χ4n) is 2.77. The van der Waals surface area contributed by atoms with E-state index in [4.69, 9.17) is 5.11 Å². The maximum absolute atomic E-state index is 10.6. The molecule has 1 saturated heterocycles. The maximum Gasteiger partial charge on any atom is 0.305 e. The number of hydrogen-bond acceptors (Lipinski definition) is 5. The van der Waals surface area contributed by atoms with Crippen LogP contribution in [-0.2, 0) is 17.9 Å². The molecule has 21 heavy (non-hydrogen) atoms. The van der Waals surface area contributed by atoms with E-state index >= 15 is 0 Å². The number of aliphatic hydroxyl groups excluding tert-OH is 1. The van der Waals surface area contributed by atoms with Crippen LogP contribution in [0.1, 0.15) is 18.4 Å². The average Bonchev–Trinajstić information content (AvgIpc) is 3.03. The van der Waals surface area contributed by atoms with E-state index < -0.39 is 5.97 Å². The quantitative estimate of drug-likeness (QED) is 0.728. The lowest BCUT2D eigenvalue weighted by Gasteiger charge is -2.22. The van der Waals surface area contributed by atoms with Crippen LogP contribution >= 0.6 is 0 Å². The molecule has 2 heterocycles. The topological polar surface area (TPSA) is 81.8 Å². The van der Waals surface area contributed by atoms with E-state index in [0.717, 1.165) is 25.1 Å². The van der Waals surface area contributed by atoms with Crippen LogP contribution in [0.25, 0.3) is 0 Å². The van der Waals surface area contributed by atoms with Crippen molar-refractivity contribution < 1.29 is 15.0 Å². The van der Waals surface area contributed by atoms with Crippen LogP contribution in [0.4, 0.5) is 0 Å². The number of rotatable bonds is 7. The molecule has 2 N–H and O–H groups in total. The van der Waals surface area contributed by atoms with E-state index in [1.54, 1.807) is 10.9 Å². The van der Waals surface area contributed by atoms with E-state index in [1.165, 1.54) is 0 Å². The minimum atomic E-state index is -0.819. The molecule has 7 heteroatoms. The zero-order valence-corrected chi connectivity index (χ0v) is 12.6. The third kappa shape index (κ3) is 4.26. The highest BCUT2D eigenvalue weighted by molar-refractivity contribution is 5.66. The Bertz CT molecular complexity index is 475. The molecule has 1 aliphatic rings. The van der Waals surface area contributed by atoms with E-state index in [9.17, 15) is 9.90 Å². The number of likely N-dealkylation sites (N-methyl/N-ethyl adjacent to an activating group) is 1. The molecule has 0 aromatic carbocycles. The number of aryl methyl sites for hydroxylation is 1. The van der Waals surface area contributed by atoms with Crippen molar-refractivity contribution in [2.75, 3.05) is 27.2 Å². The summed E-state index contributed by atoms with van der Waals surface area (Å²) in [6.45, 7) is 2.22. The molecule has 2 atom stereocenters. The first-order chi connectivity index (χ1) is 9.99. The summed E-state index contributed by atoms with van der Waals surface area (Å²) in [4.78, 5) is 15.0. The first kappa shape index (κ1) is 15.9. The zero-order chi connectivity index (χ0) is 15.4. The molecule has 118 valence electrons. The smallest absolute Gasteiger partial charge is 0.305 e.